The lowest BCUT2D eigenvalue weighted by Gasteiger charge is -2.39. The molecule has 0 bridgehead atoms. The predicted octanol–water partition coefficient (Wildman–Crippen LogP) is 3.97. The first-order valence-electron chi connectivity index (χ1n) is 10.5. The highest BCUT2D eigenvalue weighted by Crippen LogP contribution is 2.29. The lowest BCUT2D eigenvalue weighted by Crippen LogP contribution is -2.48. The Morgan fingerprint density at radius 1 is 0.931 bits per heavy atom. The van der Waals surface area contributed by atoms with Crippen LogP contribution >= 0.6 is 0 Å². The van der Waals surface area contributed by atoms with Crippen LogP contribution in [0.3, 0.4) is 0 Å². The maximum absolute atomic E-state index is 5.34. The Kier molecular flexibility index (Phi) is 6.27. The average Bonchev–Trinajstić information content (AvgIpc) is 3.14. The number of rotatable bonds is 7. The van der Waals surface area contributed by atoms with Crippen LogP contribution in [0.15, 0.2) is 65.2 Å². The molecule has 0 aliphatic carbocycles. The van der Waals surface area contributed by atoms with Crippen LogP contribution < -0.4 is 5.32 Å². The van der Waals surface area contributed by atoms with Crippen LogP contribution in [0.2, 0.25) is 0 Å². The number of hydrogen-bond acceptors (Lipinski definition) is 5. The van der Waals surface area contributed by atoms with Crippen molar-refractivity contribution in [2.75, 3.05) is 45.1 Å². The van der Waals surface area contributed by atoms with Crippen molar-refractivity contribution >= 4 is 5.88 Å². The summed E-state index contributed by atoms with van der Waals surface area (Å²) in [7, 11) is 1.88. The molecule has 1 aromatic heterocycles. The van der Waals surface area contributed by atoms with E-state index in [0.717, 1.165) is 50.7 Å². The summed E-state index contributed by atoms with van der Waals surface area (Å²) in [5.74, 6) is 0.800. The van der Waals surface area contributed by atoms with Crippen molar-refractivity contribution in [3.05, 3.63) is 83.0 Å². The van der Waals surface area contributed by atoms with Gasteiger partial charge in [-0.1, -0.05) is 65.8 Å². The van der Waals surface area contributed by atoms with E-state index >= 15 is 0 Å². The molecule has 5 nitrogen and oxygen atoms in total. The first kappa shape index (κ1) is 19.7. The number of nitrogens with one attached hydrogen (secondary N) is 1. The van der Waals surface area contributed by atoms with E-state index in [0.29, 0.717) is 6.04 Å². The third-order valence-electron chi connectivity index (χ3n) is 5.89. The van der Waals surface area contributed by atoms with E-state index in [1.165, 1.54) is 16.7 Å². The monoisotopic (exact) mass is 390 g/mol. The number of benzene rings is 2. The van der Waals surface area contributed by atoms with Gasteiger partial charge in [-0.05, 0) is 24.5 Å². The van der Waals surface area contributed by atoms with E-state index in [4.69, 9.17) is 4.52 Å². The summed E-state index contributed by atoms with van der Waals surface area (Å²) in [6, 6.07) is 22.1. The number of hydrogen-bond donors (Lipinski definition) is 1. The molecule has 1 aliphatic rings. The molecule has 1 N–H and O–H groups in total. The third-order valence-corrected chi connectivity index (χ3v) is 5.89. The van der Waals surface area contributed by atoms with Gasteiger partial charge in [0.25, 0.3) is 0 Å². The molecular weight excluding hydrogens is 360 g/mol. The number of piperazine rings is 1. The zero-order chi connectivity index (χ0) is 20.1. The summed E-state index contributed by atoms with van der Waals surface area (Å²) in [6.07, 6.45) is 0.965. The molecule has 1 fully saturated rings. The first-order chi connectivity index (χ1) is 14.3. The molecule has 0 amide bonds. The second kappa shape index (κ2) is 9.25. The molecule has 0 spiro atoms. The molecule has 0 atom stereocenters. The molecule has 29 heavy (non-hydrogen) atoms. The van der Waals surface area contributed by atoms with Gasteiger partial charge in [-0.2, -0.15) is 0 Å². The molecule has 4 rings (SSSR count). The summed E-state index contributed by atoms with van der Waals surface area (Å²) in [5.41, 5.74) is 4.92. The standard InChI is InChI=1S/C24H30N4O/c1-19-22(24(25-2)29-26-19)13-14-27-15-17-28(18-16-27)23(20-9-5-3-6-10-20)21-11-7-4-8-12-21/h3-12,23,25H,13-18H2,1-2H3. The summed E-state index contributed by atoms with van der Waals surface area (Å²) < 4.78 is 5.34. The zero-order valence-corrected chi connectivity index (χ0v) is 17.3. The van der Waals surface area contributed by atoms with Crippen molar-refractivity contribution in [1.29, 1.82) is 0 Å². The van der Waals surface area contributed by atoms with E-state index in [1.807, 2.05) is 14.0 Å². The minimum absolute atomic E-state index is 0.316. The maximum Gasteiger partial charge on any atom is 0.227 e. The molecule has 152 valence electrons. The van der Waals surface area contributed by atoms with Gasteiger partial charge < -0.3 is 14.7 Å². The second-order valence-electron chi connectivity index (χ2n) is 7.68. The molecule has 5 heteroatoms. The van der Waals surface area contributed by atoms with Crippen LogP contribution in [0, 0.1) is 6.92 Å². The van der Waals surface area contributed by atoms with Crippen LogP contribution in [0.4, 0.5) is 5.88 Å². The van der Waals surface area contributed by atoms with Gasteiger partial charge in [-0.3, -0.25) is 4.90 Å². The fourth-order valence-corrected chi connectivity index (χ4v) is 4.28. The van der Waals surface area contributed by atoms with Crippen LogP contribution in [0.25, 0.3) is 0 Å². The van der Waals surface area contributed by atoms with Crippen LogP contribution in [0.1, 0.15) is 28.4 Å². The molecular formula is C24H30N4O. The smallest absolute Gasteiger partial charge is 0.227 e. The van der Waals surface area contributed by atoms with E-state index in [9.17, 15) is 0 Å². The van der Waals surface area contributed by atoms with Crippen molar-refractivity contribution in [3.63, 3.8) is 0 Å². The van der Waals surface area contributed by atoms with Crippen molar-refractivity contribution in [3.8, 4) is 0 Å². The van der Waals surface area contributed by atoms with E-state index in [1.54, 1.807) is 0 Å². The molecule has 1 saturated heterocycles. The molecule has 3 aromatic rings. The van der Waals surface area contributed by atoms with Gasteiger partial charge in [-0.25, -0.2) is 0 Å². The van der Waals surface area contributed by atoms with Gasteiger partial charge in [0.05, 0.1) is 11.7 Å². The Balaban J connectivity index is 1.41. The highest BCUT2D eigenvalue weighted by atomic mass is 16.5. The van der Waals surface area contributed by atoms with Crippen molar-refractivity contribution in [2.45, 2.75) is 19.4 Å². The minimum Gasteiger partial charge on any atom is -0.357 e. The topological polar surface area (TPSA) is 44.5 Å². The Labute approximate surface area is 173 Å². The Morgan fingerprint density at radius 2 is 1.52 bits per heavy atom. The van der Waals surface area contributed by atoms with Crippen LogP contribution in [0.5, 0.6) is 0 Å². The SMILES string of the molecule is CNc1onc(C)c1CCN1CCN(C(c2ccccc2)c2ccccc2)CC1. The number of anilines is 1. The lowest BCUT2D eigenvalue weighted by molar-refractivity contribution is 0.110. The zero-order valence-electron chi connectivity index (χ0n) is 17.3. The summed E-state index contributed by atoms with van der Waals surface area (Å²) in [6.45, 7) is 7.34. The van der Waals surface area contributed by atoms with Gasteiger partial charge in [-0.15, -0.1) is 0 Å². The average molecular weight is 391 g/mol. The number of aryl methyl sites for hydroxylation is 1. The number of nitrogens with zero attached hydrogens (tertiary/aromatic N) is 3. The van der Waals surface area contributed by atoms with Crippen LogP contribution in [-0.2, 0) is 6.42 Å². The van der Waals surface area contributed by atoms with E-state index < -0.39 is 0 Å². The summed E-state index contributed by atoms with van der Waals surface area (Å²) >= 11 is 0. The first-order valence-corrected chi connectivity index (χ1v) is 10.5. The Bertz CT molecular complexity index is 846. The van der Waals surface area contributed by atoms with Gasteiger partial charge in [0.15, 0.2) is 0 Å². The van der Waals surface area contributed by atoms with E-state index in [-0.39, 0.29) is 0 Å². The van der Waals surface area contributed by atoms with Gasteiger partial charge >= 0.3 is 0 Å². The highest BCUT2D eigenvalue weighted by molar-refractivity contribution is 5.42. The molecule has 1 aliphatic heterocycles. The third kappa shape index (κ3) is 4.52. The Morgan fingerprint density at radius 3 is 2.07 bits per heavy atom. The van der Waals surface area contributed by atoms with E-state index in [2.05, 4.69) is 80.9 Å². The predicted molar refractivity (Wildman–Crippen MR) is 117 cm³/mol. The van der Waals surface area contributed by atoms with Crippen molar-refractivity contribution in [2.24, 2.45) is 0 Å². The molecule has 0 unspecified atom stereocenters. The van der Waals surface area contributed by atoms with Gasteiger partial charge in [0, 0.05) is 45.3 Å². The van der Waals surface area contributed by atoms with Crippen molar-refractivity contribution < 1.29 is 4.52 Å². The molecule has 0 radical (unpaired) electrons. The van der Waals surface area contributed by atoms with Gasteiger partial charge in [0.1, 0.15) is 0 Å². The highest BCUT2D eigenvalue weighted by Gasteiger charge is 2.26. The second-order valence-corrected chi connectivity index (χ2v) is 7.68. The fraction of sp³-hybridized carbons (Fsp3) is 0.375. The normalized spacial score (nSPS) is 15.7. The van der Waals surface area contributed by atoms with Gasteiger partial charge in [0.2, 0.25) is 5.88 Å². The largest absolute Gasteiger partial charge is 0.357 e. The molecule has 0 saturated carbocycles. The molecule has 2 aromatic carbocycles. The summed E-state index contributed by atoms with van der Waals surface area (Å²) in [5, 5.41) is 7.20. The van der Waals surface area contributed by atoms with Crippen molar-refractivity contribution in [1.82, 2.24) is 15.0 Å². The van der Waals surface area contributed by atoms with Crippen LogP contribution in [-0.4, -0.2) is 54.7 Å². The molecule has 2 heterocycles. The summed E-state index contributed by atoms with van der Waals surface area (Å²) in [4.78, 5) is 5.17. The Hall–Kier alpha value is -2.63. The number of aromatic nitrogens is 1. The lowest BCUT2D eigenvalue weighted by atomic mass is 9.96. The fourth-order valence-electron chi connectivity index (χ4n) is 4.28. The maximum atomic E-state index is 5.34. The minimum atomic E-state index is 0.316. The quantitative estimate of drug-likeness (QED) is 0.661.